The van der Waals surface area contributed by atoms with E-state index in [1.807, 2.05) is 26.0 Å². The van der Waals surface area contributed by atoms with Crippen molar-refractivity contribution in [1.82, 2.24) is 15.8 Å². The first-order chi connectivity index (χ1) is 12.1. The molecule has 0 spiro atoms. The van der Waals surface area contributed by atoms with Crippen molar-refractivity contribution in [3.8, 4) is 5.75 Å². The maximum atomic E-state index is 5.25. The number of halogens is 1. The second kappa shape index (κ2) is 8.75. The molecule has 1 saturated carbocycles. The van der Waals surface area contributed by atoms with Crippen LogP contribution in [0.4, 0.5) is 0 Å². The van der Waals surface area contributed by atoms with Gasteiger partial charge in [-0.2, -0.15) is 0 Å². The Hall–Kier alpha value is -1.77. The van der Waals surface area contributed by atoms with E-state index in [2.05, 4.69) is 32.9 Å². The summed E-state index contributed by atoms with van der Waals surface area (Å²) in [6.45, 7) is 5.39. The van der Waals surface area contributed by atoms with E-state index in [0.717, 1.165) is 35.3 Å². The van der Waals surface area contributed by atoms with Gasteiger partial charge in [0.05, 0.1) is 12.8 Å². The first-order valence-corrected chi connectivity index (χ1v) is 8.59. The molecule has 1 heterocycles. The third-order valence-corrected chi connectivity index (χ3v) is 4.99. The molecule has 0 aliphatic heterocycles. The SMILES string of the molecule is CN=C(NCc1c(C)noc1C)NCC1(c2ccc(OC)cc2)CC1.I. The number of aromatic nitrogens is 1. The lowest BCUT2D eigenvalue weighted by Gasteiger charge is -2.19. The highest BCUT2D eigenvalue weighted by Gasteiger charge is 2.44. The molecule has 1 aliphatic carbocycles. The van der Waals surface area contributed by atoms with Gasteiger partial charge in [-0.05, 0) is 44.4 Å². The van der Waals surface area contributed by atoms with Gasteiger partial charge in [0.1, 0.15) is 11.5 Å². The number of rotatable bonds is 6. The number of aryl methyl sites for hydroxylation is 2. The normalized spacial score (nSPS) is 15.2. The second-order valence-electron chi connectivity index (χ2n) is 6.59. The van der Waals surface area contributed by atoms with Gasteiger partial charge in [0.2, 0.25) is 0 Å². The molecular weight excluding hydrogens is 443 g/mol. The van der Waals surface area contributed by atoms with Crippen molar-refractivity contribution in [2.45, 2.75) is 38.6 Å². The van der Waals surface area contributed by atoms with Crippen molar-refractivity contribution in [3.05, 3.63) is 46.8 Å². The summed E-state index contributed by atoms with van der Waals surface area (Å²) in [5, 5.41) is 10.8. The van der Waals surface area contributed by atoms with Crippen LogP contribution in [0.1, 0.15) is 35.4 Å². The third kappa shape index (κ3) is 4.49. The first-order valence-electron chi connectivity index (χ1n) is 8.59. The molecule has 0 atom stereocenters. The summed E-state index contributed by atoms with van der Waals surface area (Å²) in [6.07, 6.45) is 2.38. The molecule has 1 aromatic heterocycles. The van der Waals surface area contributed by atoms with Crippen molar-refractivity contribution in [2.75, 3.05) is 20.7 Å². The average molecular weight is 470 g/mol. The van der Waals surface area contributed by atoms with E-state index in [1.54, 1.807) is 14.2 Å². The lowest BCUT2D eigenvalue weighted by molar-refractivity contribution is 0.392. The highest BCUT2D eigenvalue weighted by molar-refractivity contribution is 14.0. The van der Waals surface area contributed by atoms with Gasteiger partial charge in [-0.3, -0.25) is 4.99 Å². The van der Waals surface area contributed by atoms with Gasteiger partial charge in [-0.1, -0.05) is 17.3 Å². The Balaban J connectivity index is 0.00000243. The third-order valence-electron chi connectivity index (χ3n) is 4.99. The summed E-state index contributed by atoms with van der Waals surface area (Å²) in [4.78, 5) is 4.32. The van der Waals surface area contributed by atoms with E-state index in [4.69, 9.17) is 9.26 Å². The van der Waals surface area contributed by atoms with Crippen molar-refractivity contribution >= 4 is 29.9 Å². The summed E-state index contributed by atoms with van der Waals surface area (Å²) in [5.74, 6) is 2.53. The minimum absolute atomic E-state index is 0. The summed E-state index contributed by atoms with van der Waals surface area (Å²) in [6, 6.07) is 8.38. The van der Waals surface area contributed by atoms with Crippen molar-refractivity contribution in [2.24, 2.45) is 4.99 Å². The van der Waals surface area contributed by atoms with Crippen LogP contribution in [0.2, 0.25) is 0 Å². The second-order valence-corrected chi connectivity index (χ2v) is 6.59. The number of hydrogen-bond acceptors (Lipinski definition) is 4. The van der Waals surface area contributed by atoms with Crippen LogP contribution in [-0.4, -0.2) is 31.8 Å². The fourth-order valence-corrected chi connectivity index (χ4v) is 3.06. The zero-order valence-electron chi connectivity index (χ0n) is 15.8. The molecule has 1 fully saturated rings. The average Bonchev–Trinajstić information content (AvgIpc) is 3.37. The largest absolute Gasteiger partial charge is 0.497 e. The van der Waals surface area contributed by atoms with Crippen LogP contribution in [0.3, 0.4) is 0 Å². The molecule has 2 aromatic rings. The highest BCUT2D eigenvalue weighted by Crippen LogP contribution is 2.47. The number of aliphatic imine (C=N–C) groups is 1. The Bertz CT molecular complexity index is 732. The van der Waals surface area contributed by atoms with E-state index < -0.39 is 0 Å². The number of guanidine groups is 1. The highest BCUT2D eigenvalue weighted by atomic mass is 127. The van der Waals surface area contributed by atoms with Gasteiger partial charge >= 0.3 is 0 Å². The lowest BCUT2D eigenvalue weighted by atomic mass is 9.96. The van der Waals surface area contributed by atoms with Crippen LogP contribution in [0, 0.1) is 13.8 Å². The van der Waals surface area contributed by atoms with E-state index in [9.17, 15) is 0 Å². The first kappa shape index (κ1) is 20.5. The minimum atomic E-state index is 0. The predicted octanol–water partition coefficient (Wildman–Crippen LogP) is 3.31. The monoisotopic (exact) mass is 470 g/mol. The quantitative estimate of drug-likeness (QED) is 0.385. The van der Waals surface area contributed by atoms with Crippen LogP contribution in [-0.2, 0) is 12.0 Å². The summed E-state index contributed by atoms with van der Waals surface area (Å²) < 4.78 is 10.4. The van der Waals surface area contributed by atoms with Crippen LogP contribution in [0.5, 0.6) is 5.75 Å². The minimum Gasteiger partial charge on any atom is -0.497 e. The number of nitrogens with one attached hydrogen (secondary N) is 2. The molecule has 0 bridgehead atoms. The molecule has 1 aliphatic rings. The fourth-order valence-electron chi connectivity index (χ4n) is 3.06. The number of ether oxygens (including phenoxy) is 1. The van der Waals surface area contributed by atoms with Gasteiger partial charge in [-0.15, -0.1) is 24.0 Å². The van der Waals surface area contributed by atoms with Gasteiger partial charge < -0.3 is 19.9 Å². The number of hydrogen-bond donors (Lipinski definition) is 2. The van der Waals surface area contributed by atoms with E-state index in [0.29, 0.717) is 6.54 Å². The van der Waals surface area contributed by atoms with Crippen molar-refractivity contribution in [1.29, 1.82) is 0 Å². The Morgan fingerprint density at radius 1 is 1.23 bits per heavy atom. The predicted molar refractivity (Wildman–Crippen MR) is 113 cm³/mol. The summed E-state index contributed by atoms with van der Waals surface area (Å²) in [5.41, 5.74) is 3.55. The molecule has 6 nitrogen and oxygen atoms in total. The number of methoxy groups -OCH3 is 1. The van der Waals surface area contributed by atoms with Gasteiger partial charge in [0.25, 0.3) is 0 Å². The Morgan fingerprint density at radius 2 is 1.92 bits per heavy atom. The van der Waals surface area contributed by atoms with Crippen LogP contribution in [0.15, 0.2) is 33.8 Å². The smallest absolute Gasteiger partial charge is 0.191 e. The van der Waals surface area contributed by atoms with Crippen molar-refractivity contribution in [3.63, 3.8) is 0 Å². The van der Waals surface area contributed by atoms with Gasteiger partial charge in [0.15, 0.2) is 5.96 Å². The maximum Gasteiger partial charge on any atom is 0.191 e. The molecule has 0 unspecified atom stereocenters. The molecule has 7 heteroatoms. The number of benzene rings is 1. The molecule has 3 rings (SSSR count). The van der Waals surface area contributed by atoms with Crippen molar-refractivity contribution < 1.29 is 9.26 Å². The number of nitrogens with zero attached hydrogens (tertiary/aromatic N) is 2. The molecule has 142 valence electrons. The van der Waals surface area contributed by atoms with E-state index in [-0.39, 0.29) is 29.4 Å². The zero-order valence-corrected chi connectivity index (χ0v) is 18.1. The van der Waals surface area contributed by atoms with Crippen LogP contribution < -0.4 is 15.4 Å². The molecule has 26 heavy (non-hydrogen) atoms. The fraction of sp³-hybridized carbons (Fsp3) is 0.474. The van der Waals surface area contributed by atoms with Gasteiger partial charge in [0, 0.05) is 31.1 Å². The Labute approximate surface area is 171 Å². The zero-order chi connectivity index (χ0) is 17.9. The topological polar surface area (TPSA) is 71.7 Å². The molecular formula is C19H27IN4O2. The van der Waals surface area contributed by atoms with E-state index >= 15 is 0 Å². The maximum absolute atomic E-state index is 5.25. The van der Waals surface area contributed by atoms with E-state index in [1.165, 1.54) is 18.4 Å². The Kier molecular flexibility index (Phi) is 6.91. The standard InChI is InChI=1S/C19H26N4O2.HI/c1-13-17(14(2)25-23-13)11-21-18(20-3)22-12-19(9-10-19)15-5-7-16(24-4)8-6-15;/h5-8H,9-12H2,1-4H3,(H2,20,21,22);1H. The summed E-state index contributed by atoms with van der Waals surface area (Å²) >= 11 is 0. The Morgan fingerprint density at radius 3 is 2.42 bits per heavy atom. The van der Waals surface area contributed by atoms with Crippen LogP contribution >= 0.6 is 24.0 Å². The molecule has 0 saturated heterocycles. The molecule has 1 aromatic carbocycles. The molecule has 2 N–H and O–H groups in total. The molecule has 0 radical (unpaired) electrons. The molecule has 0 amide bonds. The van der Waals surface area contributed by atoms with Crippen LogP contribution in [0.25, 0.3) is 0 Å². The lowest BCUT2D eigenvalue weighted by Crippen LogP contribution is -2.41. The summed E-state index contributed by atoms with van der Waals surface area (Å²) in [7, 11) is 3.48. The van der Waals surface area contributed by atoms with Gasteiger partial charge in [-0.25, -0.2) is 0 Å².